The highest BCUT2D eigenvalue weighted by Crippen LogP contribution is 2.34. The maximum Gasteiger partial charge on any atom is 0.408 e. The Morgan fingerprint density at radius 3 is 2.55 bits per heavy atom. The van der Waals surface area contributed by atoms with E-state index in [-0.39, 0.29) is 28.9 Å². The van der Waals surface area contributed by atoms with E-state index in [0.29, 0.717) is 5.84 Å². The third-order valence-electron chi connectivity index (χ3n) is 4.56. The Bertz CT molecular complexity index is 1100. The van der Waals surface area contributed by atoms with Gasteiger partial charge in [-0.1, -0.05) is 12.1 Å². The topological polar surface area (TPSA) is 101 Å². The monoisotopic (exact) mass is 462 g/mol. The molecule has 33 heavy (non-hydrogen) atoms. The van der Waals surface area contributed by atoms with E-state index in [1.54, 1.807) is 26.8 Å². The molecule has 1 aliphatic heterocycles. The number of benzene rings is 1. The number of amidine groups is 1. The van der Waals surface area contributed by atoms with Crippen LogP contribution in [0.4, 0.5) is 23.9 Å². The molecule has 1 aromatic heterocycles. The number of rotatable bonds is 5. The minimum Gasteiger partial charge on any atom is -0.444 e. The van der Waals surface area contributed by atoms with Crippen LogP contribution in [0.25, 0.3) is 11.4 Å². The summed E-state index contributed by atoms with van der Waals surface area (Å²) >= 11 is 0. The molecule has 2 N–H and O–H groups in total. The van der Waals surface area contributed by atoms with Crippen LogP contribution in [0.5, 0.6) is 0 Å². The average molecular weight is 462 g/mol. The Morgan fingerprint density at radius 2 is 1.94 bits per heavy atom. The summed E-state index contributed by atoms with van der Waals surface area (Å²) in [6.45, 7) is 8.37. The minimum atomic E-state index is -3.14. The van der Waals surface area contributed by atoms with Crippen LogP contribution >= 0.6 is 0 Å². The second-order valence-electron chi connectivity index (χ2n) is 8.47. The van der Waals surface area contributed by atoms with Crippen molar-refractivity contribution in [2.75, 3.05) is 5.32 Å². The zero-order valence-corrected chi connectivity index (χ0v) is 18.9. The summed E-state index contributed by atoms with van der Waals surface area (Å²) in [5.74, 6) is -0.684. The zero-order valence-electron chi connectivity index (χ0n) is 18.9. The van der Waals surface area contributed by atoms with Crippen molar-refractivity contribution in [3.8, 4) is 11.4 Å². The molecule has 1 aliphatic rings. The number of amides is 1. The molecule has 0 spiro atoms. The van der Waals surface area contributed by atoms with Crippen molar-refractivity contribution in [1.29, 1.82) is 0 Å². The summed E-state index contributed by atoms with van der Waals surface area (Å²) in [5, 5.41) is 5.33. The van der Waals surface area contributed by atoms with Crippen LogP contribution in [0.3, 0.4) is 0 Å². The predicted octanol–water partition coefficient (Wildman–Crippen LogP) is 4.97. The van der Waals surface area contributed by atoms with Crippen LogP contribution in [0.1, 0.15) is 58.2 Å². The molecule has 11 heteroatoms. The Labute approximate surface area is 189 Å². The van der Waals surface area contributed by atoms with E-state index in [9.17, 15) is 13.6 Å². The van der Waals surface area contributed by atoms with Gasteiger partial charge in [-0.3, -0.25) is 4.99 Å². The number of alkyl carbamates (subject to hydrolysis) is 1. The summed E-state index contributed by atoms with van der Waals surface area (Å²) in [5.41, 5.74) is -1.92. The largest absolute Gasteiger partial charge is 0.444 e. The Hall–Kier alpha value is -3.50. The first kappa shape index (κ1) is 24.1. The van der Waals surface area contributed by atoms with Crippen LogP contribution in [0.15, 0.2) is 35.6 Å². The number of halogens is 3. The first-order valence-electron chi connectivity index (χ1n) is 10.3. The van der Waals surface area contributed by atoms with E-state index in [1.165, 1.54) is 19.1 Å². The van der Waals surface area contributed by atoms with Gasteiger partial charge >= 0.3 is 6.09 Å². The number of alkyl halides is 2. The lowest BCUT2D eigenvalue weighted by Gasteiger charge is -2.23. The highest BCUT2D eigenvalue weighted by Gasteiger charge is 2.27. The fraction of sp³-hybridized carbons (Fsp3) is 0.409. The quantitative estimate of drug-likeness (QED) is 0.651. The number of hydrogen-bond donors (Lipinski definition) is 2. The number of carbonyl (C=O) groups excluding carboxylic acids is 1. The van der Waals surface area contributed by atoms with Crippen LogP contribution in [0.2, 0.25) is 0 Å². The number of nitrogens with one attached hydrogen (secondary N) is 2. The molecule has 0 bridgehead atoms. The van der Waals surface area contributed by atoms with Crippen molar-refractivity contribution < 1.29 is 22.7 Å². The van der Waals surface area contributed by atoms with Gasteiger partial charge in [0.05, 0.1) is 23.2 Å². The maximum atomic E-state index is 15.2. The molecule has 2 atom stereocenters. The van der Waals surface area contributed by atoms with Gasteiger partial charge < -0.3 is 15.4 Å². The van der Waals surface area contributed by atoms with E-state index >= 15 is 4.39 Å². The Balaban J connectivity index is 1.90. The molecule has 2 aromatic rings. The third-order valence-corrected chi connectivity index (χ3v) is 4.56. The van der Waals surface area contributed by atoms with Crippen molar-refractivity contribution >= 4 is 17.9 Å². The zero-order chi connectivity index (χ0) is 24.3. The second-order valence-corrected chi connectivity index (χ2v) is 8.47. The first-order valence-corrected chi connectivity index (χ1v) is 10.3. The van der Waals surface area contributed by atoms with Crippen LogP contribution < -0.4 is 10.6 Å². The van der Waals surface area contributed by atoms with Crippen molar-refractivity contribution in [3.05, 3.63) is 47.6 Å². The van der Waals surface area contributed by atoms with E-state index < -0.39 is 35.5 Å². The maximum absolute atomic E-state index is 15.2. The van der Waals surface area contributed by atoms with Gasteiger partial charge in [0.1, 0.15) is 23.6 Å². The minimum absolute atomic E-state index is 0.00340. The van der Waals surface area contributed by atoms with E-state index in [1.807, 2.05) is 13.0 Å². The van der Waals surface area contributed by atoms with E-state index in [4.69, 9.17) is 4.74 Å². The number of ether oxygens (including phenoxy) is 1. The lowest BCUT2D eigenvalue weighted by molar-refractivity contribution is 0.0505. The van der Waals surface area contributed by atoms with Gasteiger partial charge in [-0.25, -0.2) is 27.9 Å². The molecule has 2 heterocycles. The number of carbonyl (C=O) groups is 1. The van der Waals surface area contributed by atoms with Crippen LogP contribution in [-0.4, -0.2) is 38.5 Å². The number of nitrogens with zero attached hydrogens (tertiary/aromatic N) is 4. The van der Waals surface area contributed by atoms with Gasteiger partial charge in [0.2, 0.25) is 5.95 Å². The number of aliphatic imine (C=N–C) groups is 1. The number of hydrogen-bond acceptors (Lipinski definition) is 7. The Morgan fingerprint density at radius 1 is 1.21 bits per heavy atom. The van der Waals surface area contributed by atoms with Gasteiger partial charge in [-0.2, -0.15) is 4.98 Å². The third kappa shape index (κ3) is 6.05. The molecule has 0 radical (unpaired) electrons. The molecule has 3 rings (SSSR count). The van der Waals surface area contributed by atoms with Crippen LogP contribution in [-0.2, 0) is 4.74 Å². The molecule has 176 valence electrons. The summed E-state index contributed by atoms with van der Waals surface area (Å²) < 4.78 is 48.1. The summed E-state index contributed by atoms with van der Waals surface area (Å²) in [4.78, 5) is 28.4. The molecule has 2 unspecified atom stereocenters. The average Bonchev–Trinajstić information content (AvgIpc) is 3.10. The smallest absolute Gasteiger partial charge is 0.408 e. The first-order chi connectivity index (χ1) is 15.4. The SMILES string of the molecule is CC1C=CC(Nc2ncnc(-c3ccc(C(C)NC(=O)OC(C)(C)C)c(C(F)F)c3F)n2)=N1. The summed E-state index contributed by atoms with van der Waals surface area (Å²) in [6, 6.07) is 1.67. The van der Waals surface area contributed by atoms with Gasteiger partial charge in [0.15, 0.2) is 5.82 Å². The molecule has 0 aliphatic carbocycles. The predicted molar refractivity (Wildman–Crippen MR) is 118 cm³/mol. The van der Waals surface area contributed by atoms with Crippen molar-refractivity contribution in [3.63, 3.8) is 0 Å². The van der Waals surface area contributed by atoms with Gasteiger partial charge in [-0.05, 0) is 52.3 Å². The van der Waals surface area contributed by atoms with E-state index in [2.05, 4.69) is 30.6 Å². The standard InChI is InChI=1S/C22H25F3N6O2/c1-11-6-9-15(28-11)30-20-27-10-26-19(31-20)14-8-7-13(16(17(14)23)18(24)25)12(2)29-21(32)33-22(3,4)5/h6-12,18H,1-5H3,(H,29,32)(H,26,27,28,30,31). The molecule has 8 nitrogen and oxygen atoms in total. The summed E-state index contributed by atoms with van der Waals surface area (Å²) in [7, 11) is 0. The molecule has 0 fully saturated rings. The molecule has 0 saturated heterocycles. The van der Waals surface area contributed by atoms with Gasteiger partial charge in [0, 0.05) is 0 Å². The van der Waals surface area contributed by atoms with Crippen molar-refractivity contribution in [1.82, 2.24) is 20.3 Å². The van der Waals surface area contributed by atoms with Crippen LogP contribution in [0, 0.1) is 5.82 Å². The number of anilines is 1. The van der Waals surface area contributed by atoms with Gasteiger partial charge in [0.25, 0.3) is 6.43 Å². The lowest BCUT2D eigenvalue weighted by atomic mass is 9.97. The fourth-order valence-electron chi connectivity index (χ4n) is 3.15. The Kier molecular flexibility index (Phi) is 6.99. The highest BCUT2D eigenvalue weighted by molar-refractivity contribution is 6.04. The van der Waals surface area contributed by atoms with Crippen molar-refractivity contribution in [2.45, 2.75) is 58.7 Å². The normalized spacial score (nSPS) is 16.5. The number of aromatic nitrogens is 3. The molecular weight excluding hydrogens is 437 g/mol. The lowest BCUT2D eigenvalue weighted by Crippen LogP contribution is -2.34. The fourth-order valence-corrected chi connectivity index (χ4v) is 3.15. The summed E-state index contributed by atoms with van der Waals surface area (Å²) in [6.07, 6.45) is 0.824. The second kappa shape index (κ2) is 9.55. The van der Waals surface area contributed by atoms with E-state index in [0.717, 1.165) is 6.33 Å². The molecule has 1 amide bonds. The van der Waals surface area contributed by atoms with Crippen molar-refractivity contribution in [2.24, 2.45) is 4.99 Å². The van der Waals surface area contributed by atoms with Gasteiger partial charge in [-0.15, -0.1) is 0 Å². The molecule has 1 aromatic carbocycles. The molecular formula is C22H25F3N6O2. The highest BCUT2D eigenvalue weighted by atomic mass is 19.3. The molecule has 0 saturated carbocycles.